The molecule has 0 fully saturated rings. The second-order valence-corrected chi connectivity index (χ2v) is 5.88. The van der Waals surface area contributed by atoms with E-state index in [1.54, 1.807) is 12.1 Å². The van der Waals surface area contributed by atoms with Crippen LogP contribution in [0.25, 0.3) is 0 Å². The van der Waals surface area contributed by atoms with Crippen LogP contribution in [0.5, 0.6) is 5.75 Å². The highest BCUT2D eigenvalue weighted by molar-refractivity contribution is 7.89. The van der Waals surface area contributed by atoms with Gasteiger partial charge in [-0.25, -0.2) is 13.1 Å². The largest absolute Gasteiger partial charge is 0.495 e. The molecule has 1 rings (SSSR count). The molecule has 0 unspecified atom stereocenters. The third-order valence-corrected chi connectivity index (χ3v) is 3.96. The van der Waals surface area contributed by atoms with Gasteiger partial charge in [0.1, 0.15) is 22.3 Å². The Kier molecular flexibility index (Phi) is 5.30. The molecule has 0 spiro atoms. The van der Waals surface area contributed by atoms with E-state index in [9.17, 15) is 8.42 Å². The summed E-state index contributed by atoms with van der Waals surface area (Å²) in [5.41, 5.74) is 0.0161. The molecule has 0 atom stereocenters. The van der Waals surface area contributed by atoms with Gasteiger partial charge in [-0.2, -0.15) is 5.26 Å². The summed E-state index contributed by atoms with van der Waals surface area (Å²) in [5, 5.41) is 9.08. The molecule has 0 aromatic heterocycles. The fourth-order valence-electron chi connectivity index (χ4n) is 1.50. The van der Waals surface area contributed by atoms with Crippen LogP contribution in [0.2, 0.25) is 0 Å². The van der Waals surface area contributed by atoms with Crippen LogP contribution in [0.3, 0.4) is 0 Å². The predicted molar refractivity (Wildman–Crippen MR) is 71.5 cm³/mol. The Balaban J connectivity index is 3.05. The van der Waals surface area contributed by atoms with E-state index in [0.717, 1.165) is 0 Å². The number of ether oxygens (including phenoxy) is 1. The number of rotatable bonds is 6. The van der Waals surface area contributed by atoms with Crippen LogP contribution >= 0.6 is 0 Å². The van der Waals surface area contributed by atoms with Crippen molar-refractivity contribution in [2.75, 3.05) is 34.3 Å². The van der Waals surface area contributed by atoms with Gasteiger partial charge in [-0.05, 0) is 26.2 Å². The van der Waals surface area contributed by atoms with Crippen molar-refractivity contribution in [3.63, 3.8) is 0 Å². The smallest absolute Gasteiger partial charge is 0.242 e. The Hall–Kier alpha value is -1.62. The fraction of sp³-hybridized carbons (Fsp3) is 0.417. The lowest BCUT2D eigenvalue weighted by molar-refractivity contribution is 0.410. The maximum atomic E-state index is 12.1. The first-order valence-electron chi connectivity index (χ1n) is 5.64. The molecule has 6 nitrogen and oxygen atoms in total. The van der Waals surface area contributed by atoms with Crippen molar-refractivity contribution in [1.29, 1.82) is 5.26 Å². The van der Waals surface area contributed by atoms with Crippen molar-refractivity contribution < 1.29 is 13.2 Å². The lowest BCUT2D eigenvalue weighted by Gasteiger charge is -2.12. The molecule has 1 N–H and O–H groups in total. The average Bonchev–Trinajstić information content (AvgIpc) is 2.36. The lowest BCUT2D eigenvalue weighted by atomic mass is 10.2. The number of benzene rings is 1. The number of nitrogens with one attached hydrogen (secondary N) is 1. The number of sulfonamides is 1. The molecular formula is C12H17N3O3S. The topological polar surface area (TPSA) is 82.4 Å². The van der Waals surface area contributed by atoms with Gasteiger partial charge in [0.2, 0.25) is 10.0 Å². The van der Waals surface area contributed by atoms with E-state index in [1.807, 2.05) is 25.1 Å². The summed E-state index contributed by atoms with van der Waals surface area (Å²) >= 11 is 0. The van der Waals surface area contributed by atoms with E-state index < -0.39 is 10.0 Å². The summed E-state index contributed by atoms with van der Waals surface area (Å²) in [7, 11) is 1.38. The molecule has 0 bridgehead atoms. The second kappa shape index (κ2) is 6.52. The summed E-state index contributed by atoms with van der Waals surface area (Å²) in [5.74, 6) is 0.248. The normalized spacial score (nSPS) is 11.3. The first-order valence-corrected chi connectivity index (χ1v) is 7.12. The first-order chi connectivity index (χ1) is 8.92. The summed E-state index contributed by atoms with van der Waals surface area (Å²) < 4.78 is 31.7. The highest BCUT2D eigenvalue weighted by atomic mass is 32.2. The van der Waals surface area contributed by atoms with E-state index in [0.29, 0.717) is 6.54 Å². The molecule has 0 aliphatic rings. The zero-order valence-electron chi connectivity index (χ0n) is 11.2. The molecule has 0 radical (unpaired) electrons. The minimum absolute atomic E-state index is 0.0161. The minimum Gasteiger partial charge on any atom is -0.495 e. The quantitative estimate of drug-likeness (QED) is 0.817. The van der Waals surface area contributed by atoms with E-state index in [1.165, 1.54) is 13.2 Å². The van der Waals surface area contributed by atoms with Crippen LogP contribution in [0, 0.1) is 11.3 Å². The van der Waals surface area contributed by atoms with Gasteiger partial charge < -0.3 is 9.64 Å². The zero-order valence-corrected chi connectivity index (χ0v) is 12.0. The predicted octanol–water partition coefficient (Wildman–Crippen LogP) is 0.407. The molecule has 0 aliphatic carbocycles. The average molecular weight is 283 g/mol. The summed E-state index contributed by atoms with van der Waals surface area (Å²) in [6, 6.07) is 6.35. The number of hydrogen-bond acceptors (Lipinski definition) is 5. The maximum Gasteiger partial charge on any atom is 0.242 e. The number of methoxy groups -OCH3 is 1. The Bertz CT molecular complexity index is 576. The first kappa shape index (κ1) is 15.4. The monoisotopic (exact) mass is 283 g/mol. The van der Waals surface area contributed by atoms with Gasteiger partial charge in [-0.15, -0.1) is 0 Å². The van der Waals surface area contributed by atoms with Crippen molar-refractivity contribution in [2.45, 2.75) is 4.90 Å². The Morgan fingerprint density at radius 2 is 2.11 bits per heavy atom. The highest BCUT2D eigenvalue weighted by Gasteiger charge is 2.20. The number of hydrogen-bond donors (Lipinski definition) is 1. The molecule has 0 heterocycles. The van der Waals surface area contributed by atoms with Gasteiger partial charge in [0, 0.05) is 13.1 Å². The molecule has 0 saturated heterocycles. The summed E-state index contributed by atoms with van der Waals surface area (Å²) in [4.78, 5) is 1.80. The van der Waals surface area contributed by atoms with Crippen molar-refractivity contribution in [3.8, 4) is 11.8 Å². The van der Waals surface area contributed by atoms with Gasteiger partial charge in [0.25, 0.3) is 0 Å². The van der Waals surface area contributed by atoms with Crippen molar-refractivity contribution in [2.24, 2.45) is 0 Å². The minimum atomic E-state index is -3.71. The molecular weight excluding hydrogens is 266 g/mol. The van der Waals surface area contributed by atoms with Gasteiger partial charge in [-0.3, -0.25) is 0 Å². The van der Waals surface area contributed by atoms with Crippen LogP contribution in [-0.2, 0) is 10.0 Å². The van der Waals surface area contributed by atoms with Gasteiger partial charge >= 0.3 is 0 Å². The molecule has 1 aromatic rings. The number of nitrogens with zero attached hydrogens (tertiary/aromatic N) is 2. The molecule has 19 heavy (non-hydrogen) atoms. The van der Waals surface area contributed by atoms with Crippen molar-refractivity contribution in [3.05, 3.63) is 23.8 Å². The van der Waals surface area contributed by atoms with Gasteiger partial charge in [0.05, 0.1) is 7.11 Å². The molecule has 7 heteroatoms. The van der Waals surface area contributed by atoms with Crippen molar-refractivity contribution >= 4 is 10.0 Å². The Morgan fingerprint density at radius 1 is 1.42 bits per heavy atom. The van der Waals surface area contributed by atoms with E-state index in [-0.39, 0.29) is 22.8 Å². The number of nitriles is 1. The standard InChI is InChI=1S/C12H17N3O3S/c1-15(2)8-7-14-19(16,17)12-6-4-5-11(18-3)10(12)9-13/h4-6,14H,7-8H2,1-3H3. The molecule has 0 aliphatic heterocycles. The van der Waals surface area contributed by atoms with Gasteiger partial charge in [0.15, 0.2) is 0 Å². The SMILES string of the molecule is COc1cccc(S(=O)(=O)NCCN(C)C)c1C#N. The Labute approximate surface area is 113 Å². The Morgan fingerprint density at radius 3 is 2.63 bits per heavy atom. The fourth-order valence-corrected chi connectivity index (χ4v) is 2.68. The van der Waals surface area contributed by atoms with E-state index in [4.69, 9.17) is 10.00 Å². The van der Waals surface area contributed by atoms with Crippen LogP contribution < -0.4 is 9.46 Å². The van der Waals surface area contributed by atoms with Crippen LogP contribution in [-0.4, -0.2) is 47.6 Å². The third kappa shape index (κ3) is 3.92. The third-order valence-electron chi connectivity index (χ3n) is 2.46. The molecule has 104 valence electrons. The van der Waals surface area contributed by atoms with Crippen LogP contribution in [0.4, 0.5) is 0 Å². The second-order valence-electron chi connectivity index (χ2n) is 4.15. The lowest BCUT2D eigenvalue weighted by Crippen LogP contribution is -2.31. The summed E-state index contributed by atoms with van der Waals surface area (Å²) in [6.07, 6.45) is 0. The highest BCUT2D eigenvalue weighted by Crippen LogP contribution is 2.24. The zero-order chi connectivity index (χ0) is 14.5. The molecule has 0 amide bonds. The van der Waals surface area contributed by atoms with Crippen LogP contribution in [0.15, 0.2) is 23.1 Å². The molecule has 0 saturated carbocycles. The summed E-state index contributed by atoms with van der Waals surface area (Å²) in [6.45, 7) is 0.850. The maximum absolute atomic E-state index is 12.1. The van der Waals surface area contributed by atoms with Crippen LogP contribution in [0.1, 0.15) is 5.56 Å². The van der Waals surface area contributed by atoms with Gasteiger partial charge in [-0.1, -0.05) is 6.07 Å². The molecule has 1 aromatic carbocycles. The van der Waals surface area contributed by atoms with E-state index >= 15 is 0 Å². The number of likely N-dealkylation sites (N-methyl/N-ethyl adjacent to an activating group) is 1. The van der Waals surface area contributed by atoms with E-state index in [2.05, 4.69) is 4.72 Å². The van der Waals surface area contributed by atoms with Crippen molar-refractivity contribution in [1.82, 2.24) is 9.62 Å².